The molecule has 0 saturated heterocycles. The van der Waals surface area contributed by atoms with Crippen molar-refractivity contribution in [2.24, 2.45) is 0 Å². The lowest BCUT2D eigenvalue weighted by atomic mass is 10.1. The van der Waals surface area contributed by atoms with E-state index in [4.69, 9.17) is 0 Å². The van der Waals surface area contributed by atoms with E-state index in [2.05, 4.69) is 13.0 Å². The largest absolute Gasteiger partial charge is 0.281 e. The van der Waals surface area contributed by atoms with Crippen LogP contribution in [-0.4, -0.2) is 5.91 Å². The molecule has 0 heterocycles. The van der Waals surface area contributed by atoms with Crippen molar-refractivity contribution in [1.82, 2.24) is 0 Å². The quantitative estimate of drug-likeness (QED) is 0.794. The summed E-state index contributed by atoms with van der Waals surface area (Å²) in [4.78, 5) is 13.8. The Morgan fingerprint density at radius 1 is 1.00 bits per heavy atom. The topological polar surface area (TPSA) is 20.3 Å². The van der Waals surface area contributed by atoms with E-state index in [1.165, 1.54) is 5.56 Å². The van der Waals surface area contributed by atoms with E-state index >= 15 is 0 Å². The molecular formula is C17H19NO. The van der Waals surface area contributed by atoms with E-state index in [1.54, 1.807) is 11.8 Å². The summed E-state index contributed by atoms with van der Waals surface area (Å²) in [5.74, 6) is 0.0368. The Morgan fingerprint density at radius 2 is 1.63 bits per heavy atom. The number of aryl methyl sites for hydroxylation is 1. The molecule has 0 aromatic heterocycles. The first-order chi connectivity index (χ1) is 9.24. The summed E-state index contributed by atoms with van der Waals surface area (Å²) in [7, 11) is 0. The summed E-state index contributed by atoms with van der Waals surface area (Å²) < 4.78 is 0. The maximum atomic E-state index is 12.0. The Morgan fingerprint density at radius 3 is 2.26 bits per heavy atom. The second-order valence-electron chi connectivity index (χ2n) is 4.57. The molecule has 0 atom stereocenters. The van der Waals surface area contributed by atoms with Gasteiger partial charge < -0.3 is 0 Å². The number of hydrogen-bond acceptors (Lipinski definition) is 1. The van der Waals surface area contributed by atoms with Gasteiger partial charge in [-0.05, 0) is 30.2 Å². The molecule has 0 saturated carbocycles. The molecule has 1 amide bonds. The van der Waals surface area contributed by atoms with Crippen molar-refractivity contribution in [3.63, 3.8) is 0 Å². The second-order valence-corrected chi connectivity index (χ2v) is 4.57. The van der Waals surface area contributed by atoms with Crippen molar-refractivity contribution in [3.8, 4) is 0 Å². The molecule has 98 valence electrons. The molecule has 19 heavy (non-hydrogen) atoms. The number of amides is 1. The minimum Gasteiger partial charge on any atom is -0.281 e. The van der Waals surface area contributed by atoms with Gasteiger partial charge in [-0.2, -0.15) is 0 Å². The first kappa shape index (κ1) is 13.3. The van der Waals surface area contributed by atoms with Gasteiger partial charge in [0.1, 0.15) is 0 Å². The fourth-order valence-electron chi connectivity index (χ4n) is 2.28. The number of benzene rings is 2. The first-order valence-corrected chi connectivity index (χ1v) is 6.67. The Kier molecular flexibility index (Phi) is 4.35. The lowest BCUT2D eigenvalue weighted by Crippen LogP contribution is -2.23. The minimum absolute atomic E-state index is 0.0368. The lowest BCUT2D eigenvalue weighted by molar-refractivity contribution is -0.115. The highest BCUT2D eigenvalue weighted by atomic mass is 16.2. The van der Waals surface area contributed by atoms with E-state index in [9.17, 15) is 4.79 Å². The molecule has 0 bridgehead atoms. The van der Waals surface area contributed by atoms with Gasteiger partial charge in [0.2, 0.25) is 5.91 Å². The summed E-state index contributed by atoms with van der Waals surface area (Å²) >= 11 is 0. The van der Waals surface area contributed by atoms with Gasteiger partial charge in [0.15, 0.2) is 0 Å². The summed E-state index contributed by atoms with van der Waals surface area (Å²) in [6.07, 6.45) is 2.05. The molecule has 2 nitrogen and oxygen atoms in total. The summed E-state index contributed by atoms with van der Waals surface area (Å²) in [5.41, 5.74) is 3.12. The molecule has 2 heteroatoms. The molecule has 0 unspecified atom stereocenters. The first-order valence-electron chi connectivity index (χ1n) is 6.67. The maximum Gasteiger partial charge on any atom is 0.228 e. The number of carbonyl (C=O) groups excluding carboxylic acids is 1. The zero-order chi connectivity index (χ0) is 13.7. The average molecular weight is 253 g/mol. The van der Waals surface area contributed by atoms with Crippen LogP contribution in [-0.2, 0) is 11.2 Å². The normalized spacial score (nSPS) is 10.2. The van der Waals surface area contributed by atoms with E-state index in [1.807, 2.05) is 48.5 Å². The molecule has 0 spiro atoms. The van der Waals surface area contributed by atoms with Crippen LogP contribution in [0.4, 0.5) is 11.4 Å². The predicted octanol–water partition coefficient (Wildman–Crippen LogP) is 4.32. The standard InChI is InChI=1S/C17H19NO/c1-3-9-15-10-7-8-13-17(15)18(14(2)19)16-11-5-4-6-12-16/h4-8,10-13H,3,9H2,1-2H3. The van der Waals surface area contributed by atoms with Crippen LogP contribution in [0.5, 0.6) is 0 Å². The van der Waals surface area contributed by atoms with E-state index in [-0.39, 0.29) is 5.91 Å². The SMILES string of the molecule is CCCc1ccccc1N(C(C)=O)c1ccccc1. The van der Waals surface area contributed by atoms with E-state index in [0.717, 1.165) is 24.2 Å². The highest BCUT2D eigenvalue weighted by Gasteiger charge is 2.16. The van der Waals surface area contributed by atoms with Crippen LogP contribution in [0, 0.1) is 0 Å². The third-order valence-corrected chi connectivity index (χ3v) is 3.08. The molecular weight excluding hydrogens is 234 g/mol. The van der Waals surface area contributed by atoms with E-state index < -0.39 is 0 Å². The predicted molar refractivity (Wildman–Crippen MR) is 79.7 cm³/mol. The summed E-state index contributed by atoms with van der Waals surface area (Å²) in [6, 6.07) is 17.9. The lowest BCUT2D eigenvalue weighted by Gasteiger charge is -2.24. The molecule has 2 rings (SSSR count). The van der Waals surface area contributed by atoms with Gasteiger partial charge >= 0.3 is 0 Å². The zero-order valence-electron chi connectivity index (χ0n) is 11.5. The van der Waals surface area contributed by atoms with Gasteiger partial charge in [-0.3, -0.25) is 9.69 Å². The minimum atomic E-state index is 0.0368. The molecule has 0 aliphatic heterocycles. The molecule has 0 radical (unpaired) electrons. The molecule has 0 N–H and O–H groups in total. The summed E-state index contributed by atoms with van der Waals surface area (Å²) in [6.45, 7) is 3.76. The van der Waals surface area contributed by atoms with E-state index in [0.29, 0.717) is 0 Å². The smallest absolute Gasteiger partial charge is 0.228 e. The Balaban J connectivity index is 2.49. The van der Waals surface area contributed by atoms with Gasteiger partial charge in [0.25, 0.3) is 0 Å². The average Bonchev–Trinajstić information content (AvgIpc) is 2.42. The highest BCUT2D eigenvalue weighted by molar-refractivity contribution is 5.99. The van der Waals surface area contributed by atoms with Crippen molar-refractivity contribution in [2.45, 2.75) is 26.7 Å². The number of anilines is 2. The zero-order valence-corrected chi connectivity index (χ0v) is 11.5. The van der Waals surface area contributed by atoms with Crippen molar-refractivity contribution >= 4 is 17.3 Å². The van der Waals surface area contributed by atoms with Crippen molar-refractivity contribution in [1.29, 1.82) is 0 Å². The van der Waals surface area contributed by atoms with Gasteiger partial charge in [0, 0.05) is 12.6 Å². The van der Waals surface area contributed by atoms with Crippen LogP contribution in [0.15, 0.2) is 54.6 Å². The van der Waals surface area contributed by atoms with Crippen LogP contribution >= 0.6 is 0 Å². The van der Waals surface area contributed by atoms with Gasteiger partial charge in [0.05, 0.1) is 5.69 Å². The van der Waals surface area contributed by atoms with Gasteiger partial charge in [-0.15, -0.1) is 0 Å². The molecule has 0 fully saturated rings. The third-order valence-electron chi connectivity index (χ3n) is 3.08. The van der Waals surface area contributed by atoms with Crippen LogP contribution in [0.1, 0.15) is 25.8 Å². The fraction of sp³-hybridized carbons (Fsp3) is 0.235. The molecule has 2 aromatic rings. The highest BCUT2D eigenvalue weighted by Crippen LogP contribution is 2.29. The molecule has 0 aliphatic carbocycles. The molecule has 2 aromatic carbocycles. The van der Waals surface area contributed by atoms with Crippen molar-refractivity contribution in [3.05, 3.63) is 60.2 Å². The maximum absolute atomic E-state index is 12.0. The Bertz CT molecular complexity index is 548. The summed E-state index contributed by atoms with van der Waals surface area (Å²) in [5, 5.41) is 0. The fourth-order valence-corrected chi connectivity index (χ4v) is 2.28. The second kappa shape index (κ2) is 6.19. The van der Waals surface area contributed by atoms with Gasteiger partial charge in [-0.25, -0.2) is 0 Å². The Labute approximate surface area is 114 Å². The van der Waals surface area contributed by atoms with Gasteiger partial charge in [-0.1, -0.05) is 49.7 Å². The van der Waals surface area contributed by atoms with Crippen LogP contribution < -0.4 is 4.90 Å². The number of nitrogens with zero attached hydrogens (tertiary/aromatic N) is 1. The number of carbonyl (C=O) groups is 1. The van der Waals surface area contributed by atoms with Crippen molar-refractivity contribution < 1.29 is 4.79 Å². The molecule has 0 aliphatic rings. The Hall–Kier alpha value is -2.09. The third kappa shape index (κ3) is 3.02. The van der Waals surface area contributed by atoms with Crippen LogP contribution in [0.25, 0.3) is 0 Å². The van der Waals surface area contributed by atoms with Crippen molar-refractivity contribution in [2.75, 3.05) is 4.90 Å². The van der Waals surface area contributed by atoms with Crippen LogP contribution in [0.3, 0.4) is 0 Å². The number of hydrogen-bond donors (Lipinski definition) is 0. The number of rotatable bonds is 4. The van der Waals surface area contributed by atoms with Crippen LogP contribution in [0.2, 0.25) is 0 Å². The monoisotopic (exact) mass is 253 g/mol. The number of para-hydroxylation sites is 2.